The van der Waals surface area contributed by atoms with E-state index in [0.717, 1.165) is 5.75 Å². The van der Waals surface area contributed by atoms with Gasteiger partial charge in [-0.1, -0.05) is 18.2 Å². The summed E-state index contributed by atoms with van der Waals surface area (Å²) in [5.41, 5.74) is 0. The zero-order valence-electron chi connectivity index (χ0n) is 3.78. The largest absolute Gasteiger partial charge is 0.130 e. The van der Waals surface area contributed by atoms with Crippen molar-refractivity contribution in [1.82, 2.24) is 0 Å². The monoisotopic (exact) mass is 200 g/mol. The number of hydrogen-bond acceptors (Lipinski definition) is 1. The van der Waals surface area contributed by atoms with Crippen LogP contribution in [0.2, 0.25) is 0 Å². The minimum Gasteiger partial charge on any atom is -0.130 e. The summed E-state index contributed by atoms with van der Waals surface area (Å²) in [6.45, 7) is 0. The first-order valence-corrected chi connectivity index (χ1v) is 2.98. The maximum absolute atomic E-state index is 2.14. The molecule has 7 heavy (non-hydrogen) atoms. The maximum Gasteiger partial charge on any atom is 0.0157 e. The van der Waals surface area contributed by atoms with Crippen molar-refractivity contribution in [2.24, 2.45) is 0 Å². The van der Waals surface area contributed by atoms with Gasteiger partial charge in [-0.25, -0.2) is 0 Å². The zero-order chi connectivity index (χ0) is 4.24. The van der Waals surface area contributed by atoms with Gasteiger partial charge >= 0.3 is 0 Å². The summed E-state index contributed by atoms with van der Waals surface area (Å²) in [5, 5.41) is 2.10. The van der Waals surface area contributed by atoms with Crippen molar-refractivity contribution in [2.75, 3.05) is 5.75 Å². The molecule has 0 aromatic carbocycles. The molecule has 0 saturated heterocycles. The first-order chi connectivity index (χ1) is 3.00. The third kappa shape index (κ3) is 3.07. The number of rotatable bonds is 0. The molecule has 0 saturated carbocycles. The summed E-state index contributed by atoms with van der Waals surface area (Å²) in [7, 11) is 0. The average Bonchev–Trinajstić information content (AvgIpc) is 1.72. The van der Waals surface area contributed by atoms with Crippen LogP contribution in [0.4, 0.5) is 0 Å². The molecule has 0 aliphatic carbocycles. The second-order valence-corrected chi connectivity index (χ2v) is 2.03. The Bertz CT molecular complexity index is 74.1. The predicted octanol–water partition coefficient (Wildman–Crippen LogP) is 1.80. The van der Waals surface area contributed by atoms with Crippen LogP contribution in [0.15, 0.2) is 23.6 Å². The van der Waals surface area contributed by atoms with Crippen LogP contribution in [0.1, 0.15) is 0 Å². The standard InChI is InChI=1S/C5H6S.Ru/c1-2-4-6-5-3-1;/h1-4H,5H2;. The average molecular weight is 199 g/mol. The summed E-state index contributed by atoms with van der Waals surface area (Å²) in [5.74, 6) is 1.15. The molecule has 0 atom stereocenters. The van der Waals surface area contributed by atoms with Crippen LogP contribution in [-0.2, 0) is 19.5 Å². The Labute approximate surface area is 60.8 Å². The SMILES string of the molecule is C1=CCSC=C1.[Ru]. The molecule has 0 nitrogen and oxygen atoms in total. The molecule has 0 aromatic rings. The van der Waals surface area contributed by atoms with Crippen LogP contribution < -0.4 is 0 Å². The maximum atomic E-state index is 2.14. The zero-order valence-corrected chi connectivity index (χ0v) is 6.33. The Hall–Kier alpha value is 0.453. The van der Waals surface area contributed by atoms with E-state index in [1.807, 2.05) is 17.8 Å². The fourth-order valence-electron chi connectivity index (χ4n) is 0.346. The predicted molar refractivity (Wildman–Crippen MR) is 30.7 cm³/mol. The van der Waals surface area contributed by atoms with Crippen LogP contribution in [0.5, 0.6) is 0 Å². The minimum absolute atomic E-state index is 0. The molecule has 2 heteroatoms. The van der Waals surface area contributed by atoms with Crippen LogP contribution in [0, 0.1) is 0 Å². The second kappa shape index (κ2) is 4.61. The molecule has 1 rings (SSSR count). The van der Waals surface area contributed by atoms with Gasteiger partial charge in [-0.2, -0.15) is 0 Å². The van der Waals surface area contributed by atoms with Gasteiger partial charge in [-0.3, -0.25) is 0 Å². The first kappa shape index (κ1) is 7.45. The van der Waals surface area contributed by atoms with Crippen molar-refractivity contribution in [3.63, 3.8) is 0 Å². The van der Waals surface area contributed by atoms with Crippen LogP contribution >= 0.6 is 11.8 Å². The van der Waals surface area contributed by atoms with Gasteiger partial charge in [-0.15, -0.1) is 11.8 Å². The normalized spacial score (nSPS) is 16.0. The molecule has 1 heterocycles. The fourth-order valence-corrected chi connectivity index (χ4v) is 0.881. The van der Waals surface area contributed by atoms with E-state index in [1.54, 1.807) is 0 Å². The molecular formula is C5H6RuS. The van der Waals surface area contributed by atoms with E-state index in [4.69, 9.17) is 0 Å². The third-order valence-corrected chi connectivity index (χ3v) is 1.35. The molecule has 0 amide bonds. The van der Waals surface area contributed by atoms with Gasteiger partial charge in [0.2, 0.25) is 0 Å². The van der Waals surface area contributed by atoms with Gasteiger partial charge < -0.3 is 0 Å². The van der Waals surface area contributed by atoms with Crippen LogP contribution in [0.25, 0.3) is 0 Å². The van der Waals surface area contributed by atoms with E-state index < -0.39 is 0 Å². The van der Waals surface area contributed by atoms with E-state index in [9.17, 15) is 0 Å². The summed E-state index contributed by atoms with van der Waals surface area (Å²) >= 11 is 1.83. The van der Waals surface area contributed by atoms with Crippen molar-refractivity contribution < 1.29 is 19.5 Å². The number of hydrogen-bond donors (Lipinski definition) is 0. The van der Waals surface area contributed by atoms with E-state index in [1.165, 1.54) is 0 Å². The second-order valence-electron chi connectivity index (χ2n) is 1.09. The molecule has 0 radical (unpaired) electrons. The first-order valence-electron chi connectivity index (χ1n) is 1.93. The van der Waals surface area contributed by atoms with Crippen molar-refractivity contribution in [3.05, 3.63) is 23.6 Å². The molecule has 40 valence electrons. The minimum atomic E-state index is 0. The Morgan fingerprint density at radius 2 is 2.14 bits per heavy atom. The number of thioether (sulfide) groups is 1. The smallest absolute Gasteiger partial charge is 0.0157 e. The summed E-state index contributed by atoms with van der Waals surface area (Å²) in [4.78, 5) is 0. The van der Waals surface area contributed by atoms with E-state index in [2.05, 4.69) is 17.6 Å². The van der Waals surface area contributed by atoms with Crippen LogP contribution in [0.3, 0.4) is 0 Å². The fraction of sp³-hybridized carbons (Fsp3) is 0.200. The quantitative estimate of drug-likeness (QED) is 0.536. The van der Waals surface area contributed by atoms with Gasteiger partial charge in [0, 0.05) is 25.2 Å². The Morgan fingerprint density at radius 3 is 2.29 bits per heavy atom. The topological polar surface area (TPSA) is 0 Å². The molecule has 0 aromatic heterocycles. The summed E-state index contributed by atoms with van der Waals surface area (Å²) in [6, 6.07) is 0. The van der Waals surface area contributed by atoms with E-state index in [-0.39, 0.29) is 19.5 Å². The van der Waals surface area contributed by atoms with E-state index in [0.29, 0.717) is 0 Å². The van der Waals surface area contributed by atoms with E-state index >= 15 is 0 Å². The Kier molecular flexibility index (Phi) is 4.91. The Balaban J connectivity index is 0.000000360. The van der Waals surface area contributed by atoms with Gasteiger partial charge in [0.25, 0.3) is 0 Å². The number of allylic oxidation sites excluding steroid dienone is 2. The van der Waals surface area contributed by atoms with Gasteiger partial charge in [-0.05, 0) is 5.41 Å². The van der Waals surface area contributed by atoms with Crippen LogP contribution in [-0.4, -0.2) is 5.75 Å². The summed E-state index contributed by atoms with van der Waals surface area (Å²) < 4.78 is 0. The molecule has 0 spiro atoms. The van der Waals surface area contributed by atoms with Gasteiger partial charge in [0.1, 0.15) is 0 Å². The van der Waals surface area contributed by atoms with Gasteiger partial charge in [0.05, 0.1) is 0 Å². The van der Waals surface area contributed by atoms with Gasteiger partial charge in [0.15, 0.2) is 0 Å². The molecule has 0 fully saturated rings. The Morgan fingerprint density at radius 1 is 1.29 bits per heavy atom. The molecule has 0 N–H and O–H groups in total. The molecule has 0 unspecified atom stereocenters. The molecule has 1 aliphatic heterocycles. The van der Waals surface area contributed by atoms with Crippen molar-refractivity contribution in [2.45, 2.75) is 0 Å². The van der Waals surface area contributed by atoms with Crippen molar-refractivity contribution >= 4 is 11.8 Å². The molecule has 1 aliphatic rings. The van der Waals surface area contributed by atoms with Crippen molar-refractivity contribution in [1.29, 1.82) is 0 Å². The third-order valence-electron chi connectivity index (χ3n) is 0.614. The molecular weight excluding hydrogens is 193 g/mol. The molecule has 0 bridgehead atoms. The van der Waals surface area contributed by atoms with Crippen molar-refractivity contribution in [3.8, 4) is 0 Å². The summed E-state index contributed by atoms with van der Waals surface area (Å²) in [6.07, 6.45) is 6.26.